The van der Waals surface area contributed by atoms with Gasteiger partial charge in [0.15, 0.2) is 5.82 Å². The lowest BCUT2D eigenvalue weighted by Gasteiger charge is -2.26. The Balaban J connectivity index is 1.44. The van der Waals surface area contributed by atoms with E-state index in [0.29, 0.717) is 49.2 Å². The highest BCUT2D eigenvalue weighted by molar-refractivity contribution is 5.92. The lowest BCUT2D eigenvalue weighted by atomic mass is 10.0. The quantitative estimate of drug-likeness (QED) is 0.657. The number of hydrogen-bond donors (Lipinski definition) is 2. The molecule has 0 aliphatic carbocycles. The van der Waals surface area contributed by atoms with E-state index in [1.807, 2.05) is 18.3 Å². The number of carbonyl (C=O) groups is 1. The normalized spacial score (nSPS) is 16.3. The van der Waals surface area contributed by atoms with E-state index in [2.05, 4.69) is 19.9 Å². The Labute approximate surface area is 183 Å². The minimum atomic E-state index is -2.57. The third kappa shape index (κ3) is 4.25. The smallest absolute Gasteiger partial charge is 0.270 e. The summed E-state index contributed by atoms with van der Waals surface area (Å²) in [7, 11) is 0. The number of aryl methyl sites for hydroxylation is 1. The van der Waals surface area contributed by atoms with Crippen LogP contribution in [0.5, 0.6) is 0 Å². The number of H-pyrrole nitrogens is 1. The van der Waals surface area contributed by atoms with Crippen molar-refractivity contribution in [1.29, 1.82) is 0 Å². The third-order valence-electron chi connectivity index (χ3n) is 5.46. The lowest BCUT2D eigenvalue weighted by Crippen LogP contribution is -2.28. The van der Waals surface area contributed by atoms with Crippen molar-refractivity contribution >= 4 is 22.5 Å². The van der Waals surface area contributed by atoms with E-state index >= 15 is 4.39 Å². The van der Waals surface area contributed by atoms with Crippen LogP contribution in [0.2, 0.25) is 0 Å². The minimum absolute atomic E-state index is 0.0308. The van der Waals surface area contributed by atoms with Crippen molar-refractivity contribution in [2.75, 3.05) is 20.1 Å². The molecule has 0 atom stereocenters. The molecule has 31 heavy (non-hydrogen) atoms. The first kappa shape index (κ1) is 17.3. The van der Waals surface area contributed by atoms with E-state index in [1.54, 1.807) is 24.4 Å². The molecule has 7 nitrogen and oxygen atoms in total. The van der Waals surface area contributed by atoms with E-state index in [4.69, 9.17) is 4.11 Å². The molecule has 8 heteroatoms. The molecular formula is C23H24FN5O2. The van der Waals surface area contributed by atoms with Gasteiger partial charge in [0, 0.05) is 42.5 Å². The zero-order chi connectivity index (χ0) is 24.5. The number of nitrogens with one attached hydrogen (secondary N) is 2. The second kappa shape index (κ2) is 8.77. The number of hydrogen-bond acceptors (Lipinski definition) is 5. The van der Waals surface area contributed by atoms with E-state index in [0.717, 1.165) is 11.1 Å². The summed E-state index contributed by atoms with van der Waals surface area (Å²) >= 11 is 0. The Kier molecular flexibility index (Phi) is 4.90. The highest BCUT2D eigenvalue weighted by atomic mass is 19.1. The van der Waals surface area contributed by atoms with Crippen LogP contribution in [0.25, 0.3) is 16.6 Å². The molecule has 3 heterocycles. The first-order valence-corrected chi connectivity index (χ1v) is 10.0. The zero-order valence-corrected chi connectivity index (χ0v) is 17.0. The first-order valence-electron chi connectivity index (χ1n) is 11.5. The average Bonchev–Trinajstić information content (AvgIpc) is 2.80. The molecule has 0 bridgehead atoms. The van der Waals surface area contributed by atoms with Crippen LogP contribution in [0.4, 0.5) is 4.39 Å². The van der Waals surface area contributed by atoms with Gasteiger partial charge < -0.3 is 10.3 Å². The maximum Gasteiger partial charge on any atom is 0.270 e. The molecule has 1 amide bonds. The van der Waals surface area contributed by atoms with Gasteiger partial charge in [-0.1, -0.05) is 25.1 Å². The molecule has 3 aromatic rings. The number of benzene rings is 1. The fourth-order valence-electron chi connectivity index (χ4n) is 3.70. The van der Waals surface area contributed by atoms with Gasteiger partial charge in [-0.25, -0.2) is 9.37 Å². The predicted octanol–water partition coefficient (Wildman–Crippen LogP) is 2.67. The molecule has 160 valence electrons. The average molecular weight is 424 g/mol. The Bertz CT molecular complexity index is 1320. The molecule has 0 saturated heterocycles. The fourth-order valence-corrected chi connectivity index (χ4v) is 3.70. The van der Waals surface area contributed by atoms with Crippen LogP contribution in [0.15, 0.2) is 41.3 Å². The van der Waals surface area contributed by atoms with Crippen molar-refractivity contribution in [3.63, 3.8) is 0 Å². The highest BCUT2D eigenvalue weighted by Crippen LogP contribution is 2.24. The summed E-state index contributed by atoms with van der Waals surface area (Å²) in [5.74, 6) is -1.22. The summed E-state index contributed by atoms with van der Waals surface area (Å²) in [4.78, 5) is 37.0. The molecule has 0 spiro atoms. The predicted molar refractivity (Wildman–Crippen MR) is 117 cm³/mol. The van der Waals surface area contributed by atoms with Crippen LogP contribution in [0, 0.1) is 5.82 Å². The Morgan fingerprint density at radius 2 is 2.23 bits per heavy atom. The van der Waals surface area contributed by atoms with Crippen LogP contribution < -0.4 is 10.9 Å². The van der Waals surface area contributed by atoms with E-state index in [-0.39, 0.29) is 16.8 Å². The van der Waals surface area contributed by atoms with Crippen LogP contribution in [0.1, 0.15) is 44.8 Å². The van der Waals surface area contributed by atoms with Crippen molar-refractivity contribution in [2.45, 2.75) is 26.3 Å². The standard InChI is InChI=1S/C23H24FN5O2/c1-3-17-23(31)28-21-18(27-17)6-5-16(20(21)24)13-29-10-8-14(9-11-29)15-4-7-19(26-12-15)22(30)25-2/h4-8,12H,3,9-11,13H2,1-2H3,(H,25,30)(H,28,31)/i2D3. The van der Waals surface area contributed by atoms with Crippen LogP contribution in [-0.4, -0.2) is 45.8 Å². The number of amides is 1. The lowest BCUT2D eigenvalue weighted by molar-refractivity contribution is 0.0958. The highest BCUT2D eigenvalue weighted by Gasteiger charge is 2.17. The molecular weight excluding hydrogens is 397 g/mol. The van der Waals surface area contributed by atoms with Crippen LogP contribution >= 0.6 is 0 Å². The molecule has 0 unspecified atom stereocenters. The molecule has 2 N–H and O–H groups in total. The minimum Gasteiger partial charge on any atom is -0.354 e. The number of aromatic nitrogens is 3. The Hall–Kier alpha value is -3.39. The van der Waals surface area contributed by atoms with E-state index in [9.17, 15) is 9.59 Å². The monoisotopic (exact) mass is 424 g/mol. The summed E-state index contributed by atoms with van der Waals surface area (Å²) in [5.41, 5.74) is 2.98. The number of carbonyl (C=O) groups excluding carboxylic acids is 1. The van der Waals surface area contributed by atoms with Crippen molar-refractivity contribution < 1.29 is 13.3 Å². The van der Waals surface area contributed by atoms with Crippen molar-refractivity contribution in [1.82, 2.24) is 25.2 Å². The van der Waals surface area contributed by atoms with Gasteiger partial charge in [0.1, 0.15) is 16.9 Å². The number of halogens is 1. The van der Waals surface area contributed by atoms with E-state index in [1.165, 1.54) is 6.07 Å². The fraction of sp³-hybridized carbons (Fsp3) is 0.304. The van der Waals surface area contributed by atoms with Gasteiger partial charge in [-0.2, -0.15) is 0 Å². The summed E-state index contributed by atoms with van der Waals surface area (Å²) in [6, 6.07) is 6.66. The van der Waals surface area contributed by atoms with Gasteiger partial charge >= 0.3 is 0 Å². The number of fused-ring (bicyclic) bond motifs is 1. The summed E-state index contributed by atoms with van der Waals surface area (Å²) in [5, 5.41) is 1.91. The van der Waals surface area contributed by atoms with Gasteiger partial charge in [-0.15, -0.1) is 0 Å². The summed E-state index contributed by atoms with van der Waals surface area (Å²) in [6.07, 6.45) is 4.76. The summed E-state index contributed by atoms with van der Waals surface area (Å²) < 4.78 is 36.4. The molecule has 0 saturated carbocycles. The van der Waals surface area contributed by atoms with Gasteiger partial charge in [-0.3, -0.25) is 19.5 Å². The van der Waals surface area contributed by atoms with Crippen molar-refractivity contribution in [3.8, 4) is 0 Å². The number of rotatable bonds is 5. The van der Waals surface area contributed by atoms with Gasteiger partial charge in [0.25, 0.3) is 11.5 Å². The second-order valence-corrected chi connectivity index (χ2v) is 7.40. The largest absolute Gasteiger partial charge is 0.354 e. The summed E-state index contributed by atoms with van der Waals surface area (Å²) in [6.45, 7) is 0.927. The number of aromatic amines is 1. The molecule has 2 aromatic heterocycles. The van der Waals surface area contributed by atoms with Crippen LogP contribution in [-0.2, 0) is 13.0 Å². The zero-order valence-electron chi connectivity index (χ0n) is 20.0. The molecule has 4 rings (SSSR count). The molecule has 1 aromatic carbocycles. The van der Waals surface area contributed by atoms with E-state index < -0.39 is 18.7 Å². The topological polar surface area (TPSA) is 91.0 Å². The van der Waals surface area contributed by atoms with Crippen molar-refractivity contribution in [3.05, 3.63) is 75.2 Å². The van der Waals surface area contributed by atoms with Gasteiger partial charge in [0.2, 0.25) is 0 Å². The second-order valence-electron chi connectivity index (χ2n) is 7.40. The molecule has 0 fully saturated rings. The van der Waals surface area contributed by atoms with Crippen LogP contribution in [0.3, 0.4) is 0 Å². The SMILES string of the molecule is [2H]C([2H])([2H])NC(=O)c1ccc(C2=CCN(Cc3ccc4nc(CC)c(=O)[nH]c4c3F)CC2)cn1. The molecule has 1 aliphatic heterocycles. The number of pyridine rings is 1. The van der Waals surface area contributed by atoms with Crippen molar-refractivity contribution in [2.24, 2.45) is 0 Å². The van der Waals surface area contributed by atoms with Gasteiger partial charge in [0.05, 0.1) is 5.52 Å². The Morgan fingerprint density at radius 3 is 2.90 bits per heavy atom. The first-order chi connectivity index (χ1) is 16.1. The number of nitrogens with zero attached hydrogens (tertiary/aromatic N) is 3. The third-order valence-corrected chi connectivity index (χ3v) is 5.46. The van der Waals surface area contributed by atoms with Gasteiger partial charge in [-0.05, 0) is 36.1 Å². The molecule has 0 radical (unpaired) electrons. The Morgan fingerprint density at radius 1 is 1.35 bits per heavy atom. The maximum absolute atomic E-state index is 15.1. The maximum atomic E-state index is 15.1. The molecule has 1 aliphatic rings.